The number of benzene rings is 1. The van der Waals surface area contributed by atoms with Crippen molar-refractivity contribution in [3.05, 3.63) is 34.4 Å². The number of hydrogen-bond acceptors (Lipinski definition) is 0. The van der Waals surface area contributed by atoms with Gasteiger partial charge in [-0.3, -0.25) is 0 Å². The van der Waals surface area contributed by atoms with Gasteiger partial charge in [0.15, 0.2) is 0 Å². The van der Waals surface area contributed by atoms with Crippen LogP contribution in [0.2, 0.25) is 0 Å². The predicted molar refractivity (Wildman–Crippen MR) is 40.8 cm³/mol. The molecular formula is C10H6. The Morgan fingerprint density at radius 2 is 2.30 bits per heavy atom. The maximum absolute atomic E-state index is 2.35. The van der Waals surface area contributed by atoms with E-state index in [0.29, 0.717) is 0 Å². The summed E-state index contributed by atoms with van der Waals surface area (Å²) in [6.45, 7) is 0. The van der Waals surface area contributed by atoms with Crippen molar-refractivity contribution in [2.24, 2.45) is 0 Å². The highest BCUT2D eigenvalue weighted by Gasteiger charge is 2.44. The Labute approximate surface area is 59.2 Å². The average Bonchev–Trinajstić information content (AvgIpc) is 2.10. The first kappa shape index (κ1) is 3.97. The lowest BCUT2D eigenvalue weighted by Gasteiger charge is -2.41. The van der Waals surface area contributed by atoms with Crippen LogP contribution in [0.5, 0.6) is 0 Å². The van der Waals surface area contributed by atoms with Gasteiger partial charge in [-0.05, 0) is 40.3 Å². The smallest absolute Gasteiger partial charge is 0.0145 e. The molecule has 3 aliphatic rings. The Hall–Kier alpha value is -1.04. The van der Waals surface area contributed by atoms with Crippen molar-refractivity contribution in [2.75, 3.05) is 0 Å². The van der Waals surface area contributed by atoms with E-state index in [4.69, 9.17) is 0 Å². The van der Waals surface area contributed by atoms with Crippen LogP contribution in [0.3, 0.4) is 0 Å². The molecule has 0 aromatic heterocycles. The summed E-state index contributed by atoms with van der Waals surface area (Å²) in [5.74, 6) is 0.873. The van der Waals surface area contributed by atoms with E-state index in [2.05, 4.69) is 18.2 Å². The van der Waals surface area contributed by atoms with Gasteiger partial charge in [-0.2, -0.15) is 0 Å². The van der Waals surface area contributed by atoms with Gasteiger partial charge in [-0.1, -0.05) is 12.1 Å². The Balaban J connectivity index is 2.44. The first-order valence-corrected chi connectivity index (χ1v) is 3.82. The van der Waals surface area contributed by atoms with Gasteiger partial charge < -0.3 is 0 Å². The van der Waals surface area contributed by atoms with Gasteiger partial charge in [0.2, 0.25) is 0 Å². The second-order valence-corrected chi connectivity index (χ2v) is 3.50. The summed E-state index contributed by atoms with van der Waals surface area (Å²) in [5, 5.41) is 0. The quantitative estimate of drug-likeness (QED) is 0.500. The van der Waals surface area contributed by atoms with Crippen LogP contribution in [0.1, 0.15) is 28.2 Å². The molecule has 0 N–H and O–H groups in total. The minimum Gasteiger partial charge on any atom is -0.0514 e. The molecule has 0 heteroatoms. The van der Waals surface area contributed by atoms with Crippen LogP contribution in [0, 0.1) is 0 Å². The molecule has 46 valence electrons. The molecule has 10 heavy (non-hydrogen) atoms. The van der Waals surface area contributed by atoms with E-state index in [1.54, 1.807) is 22.3 Å². The number of hydrogen-bond donors (Lipinski definition) is 0. The molecule has 0 saturated carbocycles. The van der Waals surface area contributed by atoms with Crippen molar-refractivity contribution in [2.45, 2.75) is 12.3 Å². The van der Waals surface area contributed by atoms with E-state index < -0.39 is 0 Å². The Morgan fingerprint density at radius 1 is 1.30 bits per heavy atom. The van der Waals surface area contributed by atoms with Gasteiger partial charge in [-0.15, -0.1) is 0 Å². The molecule has 0 radical (unpaired) electrons. The SMILES string of the molecule is C1=C2c3cc1cc1c3C2C1. The molecule has 0 amide bonds. The van der Waals surface area contributed by atoms with Crippen LogP contribution < -0.4 is 0 Å². The standard InChI is InChI=1S/C10H6/c1-5-2-7-8(3-5)10-6(1)4-9(7)10/h1-3,9H,4H2. The number of fused-ring (bicyclic) bond motifs is 2. The van der Waals surface area contributed by atoms with Gasteiger partial charge in [-0.25, -0.2) is 0 Å². The Morgan fingerprint density at radius 3 is 3.30 bits per heavy atom. The largest absolute Gasteiger partial charge is 0.0514 e. The highest BCUT2D eigenvalue weighted by atomic mass is 14.5. The first-order chi connectivity index (χ1) is 4.93. The predicted octanol–water partition coefficient (Wildman–Crippen LogP) is 2.19. The Bertz CT molecular complexity index is 397. The molecule has 3 aliphatic carbocycles. The average molecular weight is 126 g/mol. The molecule has 0 spiro atoms. The first-order valence-electron chi connectivity index (χ1n) is 3.82. The molecule has 0 heterocycles. The monoisotopic (exact) mass is 126 g/mol. The van der Waals surface area contributed by atoms with Crippen molar-refractivity contribution in [1.82, 2.24) is 0 Å². The fraction of sp³-hybridized carbons (Fsp3) is 0.200. The molecule has 4 rings (SSSR count). The summed E-state index contributed by atoms with van der Waals surface area (Å²) < 4.78 is 0. The highest BCUT2D eigenvalue weighted by molar-refractivity contribution is 6.02. The van der Waals surface area contributed by atoms with Gasteiger partial charge in [0.1, 0.15) is 0 Å². The van der Waals surface area contributed by atoms with Crippen molar-refractivity contribution < 1.29 is 0 Å². The second-order valence-electron chi connectivity index (χ2n) is 3.50. The third kappa shape index (κ3) is 0.202. The molecule has 2 bridgehead atoms. The zero-order valence-corrected chi connectivity index (χ0v) is 5.52. The zero-order chi connectivity index (χ0) is 6.29. The summed E-state index contributed by atoms with van der Waals surface area (Å²) in [7, 11) is 0. The normalized spacial score (nSPS) is 27.2. The molecule has 0 fully saturated rings. The van der Waals surface area contributed by atoms with Crippen LogP contribution in [-0.2, 0) is 6.42 Å². The Kier molecular flexibility index (Phi) is 0.348. The van der Waals surface area contributed by atoms with E-state index in [1.807, 2.05) is 0 Å². The maximum atomic E-state index is 2.35. The van der Waals surface area contributed by atoms with Crippen LogP contribution >= 0.6 is 0 Å². The number of allylic oxidation sites excluding steroid dienone is 1. The lowest BCUT2D eigenvalue weighted by molar-refractivity contribution is 0.707. The van der Waals surface area contributed by atoms with Crippen LogP contribution in [-0.4, -0.2) is 0 Å². The lowest BCUT2D eigenvalue weighted by atomic mass is 9.62. The minimum absolute atomic E-state index is 0.873. The second kappa shape index (κ2) is 0.878. The van der Waals surface area contributed by atoms with Gasteiger partial charge in [0.05, 0.1) is 0 Å². The molecule has 1 unspecified atom stereocenters. The molecule has 1 aromatic carbocycles. The summed E-state index contributed by atoms with van der Waals surface area (Å²) >= 11 is 0. The van der Waals surface area contributed by atoms with E-state index in [0.717, 1.165) is 5.92 Å². The summed E-state index contributed by atoms with van der Waals surface area (Å²) in [6.07, 6.45) is 3.69. The van der Waals surface area contributed by atoms with E-state index in [1.165, 1.54) is 12.0 Å². The van der Waals surface area contributed by atoms with Crippen molar-refractivity contribution in [3.63, 3.8) is 0 Å². The van der Waals surface area contributed by atoms with Crippen molar-refractivity contribution in [1.29, 1.82) is 0 Å². The van der Waals surface area contributed by atoms with Crippen molar-refractivity contribution in [3.8, 4) is 0 Å². The zero-order valence-electron chi connectivity index (χ0n) is 5.52. The molecule has 0 aliphatic heterocycles. The summed E-state index contributed by atoms with van der Waals surface area (Å²) in [6, 6.07) is 4.67. The maximum Gasteiger partial charge on any atom is 0.0145 e. The van der Waals surface area contributed by atoms with Crippen LogP contribution in [0.4, 0.5) is 0 Å². The van der Waals surface area contributed by atoms with E-state index in [9.17, 15) is 0 Å². The molecule has 1 atom stereocenters. The van der Waals surface area contributed by atoms with Crippen LogP contribution in [0.15, 0.2) is 12.1 Å². The fourth-order valence-electron chi connectivity index (χ4n) is 2.56. The van der Waals surface area contributed by atoms with Gasteiger partial charge in [0, 0.05) is 5.92 Å². The number of rotatable bonds is 0. The third-order valence-electron chi connectivity index (χ3n) is 3.07. The summed E-state index contributed by atoms with van der Waals surface area (Å²) in [5.41, 5.74) is 7.94. The molecular weight excluding hydrogens is 120 g/mol. The lowest BCUT2D eigenvalue weighted by Crippen LogP contribution is -2.27. The van der Waals surface area contributed by atoms with Crippen LogP contribution in [0.25, 0.3) is 11.6 Å². The minimum atomic E-state index is 0.873. The van der Waals surface area contributed by atoms with Gasteiger partial charge in [0.25, 0.3) is 0 Å². The van der Waals surface area contributed by atoms with E-state index in [-0.39, 0.29) is 0 Å². The third-order valence-corrected chi connectivity index (χ3v) is 3.07. The topological polar surface area (TPSA) is 0 Å². The van der Waals surface area contributed by atoms with Gasteiger partial charge >= 0.3 is 0 Å². The summed E-state index contributed by atoms with van der Waals surface area (Å²) in [4.78, 5) is 0. The van der Waals surface area contributed by atoms with E-state index >= 15 is 0 Å². The molecule has 0 saturated heterocycles. The fourth-order valence-corrected chi connectivity index (χ4v) is 2.56. The molecule has 1 aromatic rings. The highest BCUT2D eigenvalue weighted by Crippen LogP contribution is 2.60. The molecule has 0 nitrogen and oxygen atoms in total. The van der Waals surface area contributed by atoms with Crippen molar-refractivity contribution >= 4 is 11.6 Å².